The molecule has 2 saturated heterocycles. The van der Waals surface area contributed by atoms with Crippen LogP contribution in [0.2, 0.25) is 0 Å². The predicted molar refractivity (Wildman–Crippen MR) is 102 cm³/mol. The van der Waals surface area contributed by atoms with Crippen molar-refractivity contribution in [3.05, 3.63) is 65.5 Å². The van der Waals surface area contributed by atoms with Gasteiger partial charge in [0.15, 0.2) is 0 Å². The predicted octanol–water partition coefficient (Wildman–Crippen LogP) is 2.79. The van der Waals surface area contributed by atoms with E-state index < -0.39 is 5.82 Å². The molecule has 0 saturated carbocycles. The van der Waals surface area contributed by atoms with Gasteiger partial charge in [-0.05, 0) is 23.8 Å². The van der Waals surface area contributed by atoms with Gasteiger partial charge in [-0.15, -0.1) is 0 Å². The van der Waals surface area contributed by atoms with E-state index in [4.69, 9.17) is 0 Å². The molecule has 8 heteroatoms. The molecule has 6 nitrogen and oxygen atoms in total. The smallest absolute Gasteiger partial charge is 0.320 e. The van der Waals surface area contributed by atoms with Crippen molar-refractivity contribution in [1.82, 2.24) is 19.7 Å². The summed E-state index contributed by atoms with van der Waals surface area (Å²) < 4.78 is 27.4. The number of fused-ring (bicyclic) bond motifs is 1. The van der Waals surface area contributed by atoms with Crippen LogP contribution in [-0.4, -0.2) is 65.4 Å². The number of carbonyl (C=O) groups is 2. The summed E-state index contributed by atoms with van der Waals surface area (Å²) in [4.78, 5) is 34.3. The van der Waals surface area contributed by atoms with Crippen LogP contribution >= 0.6 is 0 Å². The topological polar surface area (TPSA) is 56.8 Å². The van der Waals surface area contributed by atoms with Gasteiger partial charge in [0.1, 0.15) is 11.6 Å². The zero-order valence-electron chi connectivity index (χ0n) is 16.3. The molecule has 1 aromatic carbocycles. The lowest BCUT2D eigenvalue weighted by atomic mass is 9.89. The number of benzene rings is 1. The van der Waals surface area contributed by atoms with Gasteiger partial charge in [-0.25, -0.2) is 13.6 Å². The highest BCUT2D eigenvalue weighted by Crippen LogP contribution is 2.45. The maximum absolute atomic E-state index is 13.9. The lowest BCUT2D eigenvalue weighted by Crippen LogP contribution is -2.42. The van der Waals surface area contributed by atoms with E-state index in [0.717, 1.165) is 11.8 Å². The molecule has 1 aromatic heterocycles. The highest BCUT2D eigenvalue weighted by atomic mass is 19.1. The van der Waals surface area contributed by atoms with Gasteiger partial charge >= 0.3 is 6.03 Å². The highest BCUT2D eigenvalue weighted by molar-refractivity contribution is 5.94. The summed E-state index contributed by atoms with van der Waals surface area (Å²) in [5, 5.41) is 0. The molecule has 0 N–H and O–H groups in total. The molecule has 3 amide bonds. The van der Waals surface area contributed by atoms with Crippen LogP contribution in [-0.2, 0) is 0 Å². The van der Waals surface area contributed by atoms with E-state index in [-0.39, 0.29) is 41.2 Å². The van der Waals surface area contributed by atoms with Crippen LogP contribution in [0.1, 0.15) is 22.0 Å². The molecule has 2 fully saturated rings. The van der Waals surface area contributed by atoms with Crippen molar-refractivity contribution in [3.63, 3.8) is 0 Å². The van der Waals surface area contributed by atoms with Gasteiger partial charge in [-0.2, -0.15) is 0 Å². The Morgan fingerprint density at radius 1 is 1.07 bits per heavy atom. The van der Waals surface area contributed by atoms with E-state index in [9.17, 15) is 18.4 Å². The molecule has 3 atom stereocenters. The fourth-order valence-electron chi connectivity index (χ4n) is 4.49. The summed E-state index contributed by atoms with van der Waals surface area (Å²) >= 11 is 0. The van der Waals surface area contributed by atoms with Gasteiger partial charge in [-0.1, -0.05) is 12.1 Å². The van der Waals surface area contributed by atoms with Crippen molar-refractivity contribution in [3.8, 4) is 0 Å². The van der Waals surface area contributed by atoms with E-state index in [1.54, 1.807) is 30.0 Å². The highest BCUT2D eigenvalue weighted by Gasteiger charge is 2.50. The normalized spacial score (nSPS) is 23.2. The molecule has 29 heavy (non-hydrogen) atoms. The van der Waals surface area contributed by atoms with Gasteiger partial charge in [0, 0.05) is 51.8 Å². The lowest BCUT2D eigenvalue weighted by molar-refractivity contribution is 0.0765. The van der Waals surface area contributed by atoms with Crippen LogP contribution in [0.15, 0.2) is 42.7 Å². The SMILES string of the molecule is CN(C)C(=O)N1C[C@H]2CN(C(=O)c3cncc(F)c3)C[C@H]2[C@@H]1c1cccc(F)c1. The van der Waals surface area contributed by atoms with E-state index >= 15 is 0 Å². The average molecular weight is 400 g/mol. The first kappa shape index (κ1) is 19.3. The van der Waals surface area contributed by atoms with Crippen molar-refractivity contribution in [2.45, 2.75) is 6.04 Å². The number of pyridine rings is 1. The Kier molecular flexibility index (Phi) is 4.94. The number of urea groups is 1. The van der Waals surface area contributed by atoms with Gasteiger partial charge < -0.3 is 14.7 Å². The quantitative estimate of drug-likeness (QED) is 0.779. The number of hydrogen-bond donors (Lipinski definition) is 0. The second-order valence-electron chi connectivity index (χ2n) is 7.86. The maximum Gasteiger partial charge on any atom is 0.320 e. The van der Waals surface area contributed by atoms with Crippen molar-refractivity contribution >= 4 is 11.9 Å². The molecule has 2 aliphatic rings. The number of rotatable bonds is 2. The number of halogens is 2. The molecular formula is C21H22F2N4O2. The van der Waals surface area contributed by atoms with Crippen LogP contribution in [0, 0.1) is 23.5 Å². The van der Waals surface area contributed by atoms with E-state index in [1.807, 2.05) is 6.07 Å². The monoisotopic (exact) mass is 400 g/mol. The third-order valence-corrected chi connectivity index (χ3v) is 5.72. The minimum atomic E-state index is -0.560. The Bertz CT molecular complexity index is 952. The van der Waals surface area contributed by atoms with Crippen molar-refractivity contribution in [1.29, 1.82) is 0 Å². The zero-order valence-corrected chi connectivity index (χ0v) is 16.3. The molecule has 0 unspecified atom stereocenters. The second kappa shape index (κ2) is 7.42. The molecule has 152 valence electrons. The van der Waals surface area contributed by atoms with Gasteiger partial charge in [-0.3, -0.25) is 9.78 Å². The van der Waals surface area contributed by atoms with Crippen molar-refractivity contribution < 1.29 is 18.4 Å². The Morgan fingerprint density at radius 2 is 1.86 bits per heavy atom. The summed E-state index contributed by atoms with van der Waals surface area (Å²) in [7, 11) is 3.37. The molecular weight excluding hydrogens is 378 g/mol. The van der Waals surface area contributed by atoms with Crippen LogP contribution in [0.3, 0.4) is 0 Å². The van der Waals surface area contributed by atoms with E-state index in [2.05, 4.69) is 4.98 Å². The lowest BCUT2D eigenvalue weighted by Gasteiger charge is -2.32. The zero-order chi connectivity index (χ0) is 20.7. The Labute approximate surface area is 167 Å². The fourth-order valence-corrected chi connectivity index (χ4v) is 4.49. The number of nitrogens with zero attached hydrogens (tertiary/aromatic N) is 4. The number of amides is 3. The first-order chi connectivity index (χ1) is 13.8. The summed E-state index contributed by atoms with van der Waals surface area (Å²) in [6, 6.07) is 6.98. The number of aromatic nitrogens is 1. The molecule has 0 bridgehead atoms. The average Bonchev–Trinajstić information content (AvgIpc) is 3.24. The van der Waals surface area contributed by atoms with Crippen LogP contribution in [0.25, 0.3) is 0 Å². The van der Waals surface area contributed by atoms with Crippen molar-refractivity contribution in [2.24, 2.45) is 11.8 Å². The summed E-state index contributed by atoms with van der Waals surface area (Å²) in [5.74, 6) is -1.16. The summed E-state index contributed by atoms with van der Waals surface area (Å²) in [5.41, 5.74) is 0.919. The Balaban J connectivity index is 1.62. The van der Waals surface area contributed by atoms with E-state index in [0.29, 0.717) is 19.6 Å². The van der Waals surface area contributed by atoms with Gasteiger partial charge in [0.05, 0.1) is 17.8 Å². The molecule has 0 radical (unpaired) electrons. The second-order valence-corrected chi connectivity index (χ2v) is 7.86. The first-order valence-corrected chi connectivity index (χ1v) is 9.48. The summed E-state index contributed by atoms with van der Waals surface area (Å²) in [6.45, 7) is 1.36. The van der Waals surface area contributed by atoms with Crippen LogP contribution in [0.5, 0.6) is 0 Å². The van der Waals surface area contributed by atoms with Crippen LogP contribution in [0.4, 0.5) is 13.6 Å². The molecule has 0 aliphatic carbocycles. The minimum absolute atomic E-state index is 0.0221. The number of hydrogen-bond acceptors (Lipinski definition) is 3. The van der Waals surface area contributed by atoms with Crippen LogP contribution < -0.4 is 0 Å². The third kappa shape index (κ3) is 3.54. The molecule has 4 rings (SSSR count). The molecule has 2 aromatic rings. The van der Waals surface area contributed by atoms with Gasteiger partial charge in [0.25, 0.3) is 5.91 Å². The maximum atomic E-state index is 13.9. The summed E-state index contributed by atoms with van der Waals surface area (Å²) in [6.07, 6.45) is 2.41. The standard InChI is InChI=1S/C21H22F2N4O2/c1-25(2)21(29)27-11-15-10-26(20(28)14-7-17(23)9-24-8-14)12-18(15)19(27)13-4-3-5-16(22)6-13/h3-9,15,18-19H,10-12H2,1-2H3/t15-,18-,19+/m1/s1. The Morgan fingerprint density at radius 3 is 2.55 bits per heavy atom. The number of carbonyl (C=O) groups excluding carboxylic acids is 2. The van der Waals surface area contributed by atoms with Crippen molar-refractivity contribution in [2.75, 3.05) is 33.7 Å². The molecule has 3 heterocycles. The third-order valence-electron chi connectivity index (χ3n) is 5.72. The fraction of sp³-hybridized carbons (Fsp3) is 0.381. The molecule has 0 spiro atoms. The molecule has 2 aliphatic heterocycles. The van der Waals surface area contributed by atoms with Gasteiger partial charge in [0.2, 0.25) is 0 Å². The largest absolute Gasteiger partial charge is 0.338 e. The first-order valence-electron chi connectivity index (χ1n) is 9.48. The van der Waals surface area contributed by atoms with E-state index in [1.165, 1.54) is 29.3 Å². The number of likely N-dealkylation sites (tertiary alicyclic amines) is 2. The minimum Gasteiger partial charge on any atom is -0.338 e. The Hall–Kier alpha value is -3.03.